The maximum absolute atomic E-state index is 2.60. The standard InChI is InChI=1S/C43H49N2/c1-23(2)29-19-32(24(3)4)39(33(20-29)25(5)6)30-18-28-15-16-44(12)42-38-27(8)26(7)17-35-34-22-31(43(9,10)11)13-14-36(34)45(41(35)38)37(21-30)40(28)42/h13-25H,1-12H3/q+1. The van der Waals surface area contributed by atoms with Gasteiger partial charge >= 0.3 is 0 Å². The summed E-state index contributed by atoms with van der Waals surface area (Å²) in [5.41, 5.74) is 16.5. The molecule has 0 aliphatic rings. The van der Waals surface area contributed by atoms with Gasteiger partial charge in [0.05, 0.1) is 27.3 Å². The van der Waals surface area contributed by atoms with Gasteiger partial charge in [-0.1, -0.05) is 80.5 Å². The van der Waals surface area contributed by atoms with Crippen molar-refractivity contribution in [2.45, 2.75) is 99.3 Å². The first-order valence-corrected chi connectivity index (χ1v) is 16.9. The molecule has 7 aromatic rings. The topological polar surface area (TPSA) is 8.29 Å². The predicted octanol–water partition coefficient (Wildman–Crippen LogP) is 11.8. The van der Waals surface area contributed by atoms with Crippen molar-refractivity contribution in [1.29, 1.82) is 0 Å². The largest absolute Gasteiger partial charge is 0.307 e. The number of fused-ring (bicyclic) bond motifs is 5. The second-order valence-electron chi connectivity index (χ2n) is 15.7. The molecule has 0 spiro atoms. The van der Waals surface area contributed by atoms with Gasteiger partial charge in [-0.05, 0) is 117 Å². The maximum Gasteiger partial charge on any atom is 0.224 e. The van der Waals surface area contributed by atoms with Gasteiger partial charge in [-0.15, -0.1) is 0 Å². The van der Waals surface area contributed by atoms with Gasteiger partial charge in [-0.25, -0.2) is 4.57 Å². The van der Waals surface area contributed by atoms with E-state index in [0.717, 1.165) is 0 Å². The summed E-state index contributed by atoms with van der Waals surface area (Å²) in [6.07, 6.45) is 2.27. The molecule has 0 unspecified atom stereocenters. The van der Waals surface area contributed by atoms with Crippen molar-refractivity contribution in [3.05, 3.63) is 94.2 Å². The van der Waals surface area contributed by atoms with E-state index >= 15 is 0 Å². The molecule has 0 saturated heterocycles. The van der Waals surface area contributed by atoms with Gasteiger partial charge in [0.2, 0.25) is 5.52 Å². The Hall–Kier alpha value is -3.91. The van der Waals surface area contributed by atoms with Crippen LogP contribution in [0, 0.1) is 13.8 Å². The number of hydrogen-bond acceptors (Lipinski definition) is 0. The molecule has 0 fully saturated rings. The molecule has 0 bridgehead atoms. The first-order chi connectivity index (χ1) is 21.2. The quantitative estimate of drug-likeness (QED) is 0.109. The monoisotopic (exact) mass is 593 g/mol. The molecule has 3 aromatic heterocycles. The minimum absolute atomic E-state index is 0.0800. The van der Waals surface area contributed by atoms with Crippen LogP contribution in [0.25, 0.3) is 60.1 Å². The van der Waals surface area contributed by atoms with Gasteiger partial charge in [-0.2, -0.15) is 0 Å². The van der Waals surface area contributed by atoms with Gasteiger partial charge < -0.3 is 4.40 Å². The molecular weight excluding hydrogens is 544 g/mol. The van der Waals surface area contributed by atoms with Crippen LogP contribution in [0.5, 0.6) is 0 Å². The lowest BCUT2D eigenvalue weighted by molar-refractivity contribution is -0.643. The fourth-order valence-electron chi connectivity index (χ4n) is 7.81. The SMILES string of the molecule is Cc1cc2c3cc(C(C)(C)C)ccc3n3c4cc(-c5c(C(C)C)cc(C(C)C)cc5C(C)C)cc5cc[n+](C)c(c(c1C)c23)c54. The van der Waals surface area contributed by atoms with Crippen LogP contribution in [0.3, 0.4) is 0 Å². The number of rotatable bonds is 4. The van der Waals surface area contributed by atoms with Crippen molar-refractivity contribution in [3.8, 4) is 11.1 Å². The summed E-state index contributed by atoms with van der Waals surface area (Å²) < 4.78 is 4.95. The summed E-state index contributed by atoms with van der Waals surface area (Å²) >= 11 is 0. The minimum Gasteiger partial charge on any atom is -0.307 e. The van der Waals surface area contributed by atoms with Gasteiger partial charge in [-0.3, -0.25) is 0 Å². The highest BCUT2D eigenvalue weighted by Crippen LogP contribution is 2.46. The molecule has 2 nitrogen and oxygen atoms in total. The highest BCUT2D eigenvalue weighted by atomic mass is 15.0. The average Bonchev–Trinajstić information content (AvgIpc) is 3.30. The Morgan fingerprint density at radius 3 is 1.96 bits per heavy atom. The van der Waals surface area contributed by atoms with Crippen molar-refractivity contribution < 1.29 is 4.57 Å². The first-order valence-electron chi connectivity index (χ1n) is 16.9. The maximum atomic E-state index is 2.60. The smallest absolute Gasteiger partial charge is 0.224 e. The van der Waals surface area contributed by atoms with Crippen LogP contribution in [0.2, 0.25) is 0 Å². The lowest BCUT2D eigenvalue weighted by Crippen LogP contribution is -2.29. The zero-order chi connectivity index (χ0) is 32.3. The van der Waals surface area contributed by atoms with Crippen LogP contribution < -0.4 is 4.57 Å². The lowest BCUT2D eigenvalue weighted by atomic mass is 9.81. The van der Waals surface area contributed by atoms with E-state index < -0.39 is 0 Å². The molecule has 2 heteroatoms. The van der Waals surface area contributed by atoms with E-state index in [0.29, 0.717) is 17.8 Å². The third-order valence-electron chi connectivity index (χ3n) is 10.6. The van der Waals surface area contributed by atoms with E-state index in [2.05, 4.69) is 153 Å². The van der Waals surface area contributed by atoms with Crippen molar-refractivity contribution >= 4 is 49.0 Å². The van der Waals surface area contributed by atoms with Crippen molar-refractivity contribution in [2.75, 3.05) is 0 Å². The second-order valence-corrected chi connectivity index (χ2v) is 15.7. The Bertz CT molecular complexity index is 2270. The molecule has 7 rings (SSSR count). The summed E-state index contributed by atoms with van der Waals surface area (Å²) in [6.45, 7) is 25.6. The van der Waals surface area contributed by atoms with Crippen molar-refractivity contribution in [3.63, 3.8) is 0 Å². The molecule has 45 heavy (non-hydrogen) atoms. The number of nitrogens with zero attached hydrogens (tertiary/aromatic N) is 2. The minimum atomic E-state index is 0.0800. The number of benzene rings is 4. The highest BCUT2D eigenvalue weighted by molar-refractivity contribution is 6.26. The highest BCUT2D eigenvalue weighted by Gasteiger charge is 2.27. The van der Waals surface area contributed by atoms with Crippen LogP contribution in [0.1, 0.15) is 113 Å². The van der Waals surface area contributed by atoms with E-state index in [1.54, 1.807) is 0 Å². The molecular formula is C43H49N2+. The molecule has 0 atom stereocenters. The number of hydrogen-bond donors (Lipinski definition) is 0. The van der Waals surface area contributed by atoms with E-state index in [1.165, 1.54) is 93.5 Å². The summed E-state index contributed by atoms with van der Waals surface area (Å²) in [5, 5.41) is 6.73. The zero-order valence-electron chi connectivity index (χ0n) is 29.4. The van der Waals surface area contributed by atoms with E-state index in [-0.39, 0.29) is 5.41 Å². The molecule has 0 aliphatic carbocycles. The Balaban J connectivity index is 1.74. The third-order valence-corrected chi connectivity index (χ3v) is 10.6. The van der Waals surface area contributed by atoms with Crippen LogP contribution >= 0.6 is 0 Å². The van der Waals surface area contributed by atoms with Gasteiger partial charge in [0, 0.05) is 16.8 Å². The number of aromatic nitrogens is 2. The zero-order valence-corrected chi connectivity index (χ0v) is 29.4. The van der Waals surface area contributed by atoms with Crippen molar-refractivity contribution in [2.24, 2.45) is 7.05 Å². The molecule has 3 heterocycles. The molecule has 0 aliphatic heterocycles. The normalized spacial score (nSPS) is 13.0. The van der Waals surface area contributed by atoms with E-state index in [4.69, 9.17) is 0 Å². The van der Waals surface area contributed by atoms with Crippen LogP contribution in [-0.4, -0.2) is 4.40 Å². The number of pyridine rings is 2. The van der Waals surface area contributed by atoms with Gasteiger partial charge in [0.1, 0.15) is 7.05 Å². The Kier molecular flexibility index (Phi) is 6.65. The molecule has 0 N–H and O–H groups in total. The first kappa shape index (κ1) is 29.8. The summed E-state index contributed by atoms with van der Waals surface area (Å²) in [4.78, 5) is 0. The molecule has 0 amide bonds. The Labute approximate surface area is 269 Å². The summed E-state index contributed by atoms with van der Waals surface area (Å²) in [7, 11) is 2.22. The summed E-state index contributed by atoms with van der Waals surface area (Å²) in [5.74, 6) is 1.34. The lowest BCUT2D eigenvalue weighted by Gasteiger charge is -2.24. The average molecular weight is 594 g/mol. The second kappa shape index (κ2) is 10.0. The molecule has 4 aromatic carbocycles. The van der Waals surface area contributed by atoms with Crippen LogP contribution in [-0.2, 0) is 12.5 Å². The fourth-order valence-corrected chi connectivity index (χ4v) is 7.81. The summed E-state index contributed by atoms with van der Waals surface area (Å²) in [6, 6.07) is 21.9. The fraction of sp³-hybridized carbons (Fsp3) is 0.372. The Morgan fingerprint density at radius 2 is 1.36 bits per heavy atom. The van der Waals surface area contributed by atoms with Crippen molar-refractivity contribution in [1.82, 2.24) is 4.40 Å². The third kappa shape index (κ3) is 4.32. The molecule has 0 radical (unpaired) electrons. The number of aryl methyl sites for hydroxylation is 3. The van der Waals surface area contributed by atoms with E-state index in [1.807, 2.05) is 0 Å². The van der Waals surface area contributed by atoms with Crippen LogP contribution in [0.15, 0.2) is 60.8 Å². The Morgan fingerprint density at radius 1 is 0.689 bits per heavy atom. The van der Waals surface area contributed by atoms with Gasteiger partial charge in [0.25, 0.3) is 0 Å². The molecule has 230 valence electrons. The van der Waals surface area contributed by atoms with Crippen LogP contribution in [0.4, 0.5) is 0 Å². The van der Waals surface area contributed by atoms with Gasteiger partial charge in [0.15, 0.2) is 6.20 Å². The molecule has 0 saturated carbocycles. The van der Waals surface area contributed by atoms with E-state index in [9.17, 15) is 0 Å². The predicted molar refractivity (Wildman–Crippen MR) is 196 cm³/mol.